The number of benzene rings is 2. The van der Waals surface area contributed by atoms with Crippen molar-refractivity contribution in [1.29, 1.82) is 0 Å². The number of ether oxygens (including phenoxy) is 2. The first-order valence-electron chi connectivity index (χ1n) is 11.2. The average Bonchev–Trinajstić information content (AvgIpc) is 3.38. The van der Waals surface area contributed by atoms with E-state index in [9.17, 15) is 13.6 Å². The number of halogens is 2. The number of aliphatic carboxylic acids is 1. The normalized spacial score (nSPS) is 26.0. The number of hydrogen-bond acceptors (Lipinski definition) is 5. The standard InChI is InChI=1S/C26H27F2NO5/c27-20-8-4-18(5-9-20)15-34-29-14-22-23(3-1-2-12-32-16-25(30)31)26(13-24(22)33-17-26)19-6-10-21(28)11-7-19/h1-2,4-11,14,22-24H,3,12-13,15-17H2,(H,30,31)/b2-1-,29-14?/t22-,23-,24-,26-/m0/s1. The zero-order valence-electron chi connectivity index (χ0n) is 18.6. The first-order valence-corrected chi connectivity index (χ1v) is 11.2. The molecule has 6 nitrogen and oxygen atoms in total. The van der Waals surface area contributed by atoms with E-state index in [2.05, 4.69) is 5.16 Å². The quantitative estimate of drug-likeness (QED) is 0.226. The number of carboxylic acid groups (broad SMARTS) is 1. The molecule has 2 bridgehead atoms. The predicted octanol–water partition coefficient (Wildman–Crippen LogP) is 4.49. The van der Waals surface area contributed by atoms with Crippen molar-refractivity contribution >= 4 is 12.2 Å². The minimum Gasteiger partial charge on any atom is -0.480 e. The second-order valence-electron chi connectivity index (χ2n) is 8.67. The maximum atomic E-state index is 13.6. The van der Waals surface area contributed by atoms with Crippen LogP contribution in [-0.2, 0) is 31.1 Å². The van der Waals surface area contributed by atoms with Gasteiger partial charge in [-0.1, -0.05) is 41.6 Å². The molecule has 2 aromatic rings. The van der Waals surface area contributed by atoms with Crippen molar-refractivity contribution in [2.45, 2.75) is 31.0 Å². The molecule has 8 heteroatoms. The number of nitrogens with zero attached hydrogens (tertiary/aromatic N) is 1. The molecular formula is C26H27F2NO5. The zero-order chi connectivity index (χ0) is 24.0. The largest absolute Gasteiger partial charge is 0.480 e. The molecule has 2 aromatic carbocycles. The summed E-state index contributed by atoms with van der Waals surface area (Å²) in [7, 11) is 0. The van der Waals surface area contributed by atoms with Gasteiger partial charge in [-0.15, -0.1) is 0 Å². The highest BCUT2D eigenvalue weighted by molar-refractivity contribution is 5.68. The Hall–Kier alpha value is -3.10. The molecule has 0 radical (unpaired) electrons. The molecule has 0 spiro atoms. The summed E-state index contributed by atoms with van der Waals surface area (Å²) in [5, 5.41) is 12.9. The highest BCUT2D eigenvalue weighted by atomic mass is 19.1. The van der Waals surface area contributed by atoms with E-state index in [-0.39, 0.29) is 54.8 Å². The minimum atomic E-state index is -1.01. The Morgan fingerprint density at radius 3 is 2.53 bits per heavy atom. The third-order valence-electron chi connectivity index (χ3n) is 6.59. The van der Waals surface area contributed by atoms with E-state index in [1.807, 2.05) is 24.3 Å². The molecule has 0 unspecified atom stereocenters. The van der Waals surface area contributed by atoms with Gasteiger partial charge >= 0.3 is 5.97 Å². The Bertz CT molecular complexity index is 1020. The van der Waals surface area contributed by atoms with Gasteiger partial charge in [0.25, 0.3) is 0 Å². The van der Waals surface area contributed by atoms with Crippen LogP contribution in [0, 0.1) is 23.5 Å². The predicted molar refractivity (Wildman–Crippen MR) is 121 cm³/mol. The molecule has 2 fully saturated rings. The lowest BCUT2D eigenvalue weighted by Crippen LogP contribution is -2.40. The summed E-state index contributed by atoms with van der Waals surface area (Å²) < 4.78 is 37.8. The smallest absolute Gasteiger partial charge is 0.329 e. The van der Waals surface area contributed by atoms with Crippen LogP contribution in [0.3, 0.4) is 0 Å². The van der Waals surface area contributed by atoms with Crippen molar-refractivity contribution in [1.82, 2.24) is 0 Å². The molecule has 0 aromatic heterocycles. The van der Waals surface area contributed by atoms with Crippen LogP contribution in [0.5, 0.6) is 0 Å². The number of hydrogen-bond donors (Lipinski definition) is 1. The van der Waals surface area contributed by atoms with Crippen molar-refractivity contribution in [3.05, 3.63) is 83.4 Å². The minimum absolute atomic E-state index is 0.0170. The SMILES string of the molecule is O=C(O)COC/C=C\C[C@H]1[C@H](C=NOCc2ccc(F)cc2)[C@@H]2C[C@@]1(c1ccc(F)cc1)CO2. The van der Waals surface area contributed by atoms with Gasteiger partial charge in [0.1, 0.15) is 24.8 Å². The fourth-order valence-corrected chi connectivity index (χ4v) is 4.98. The molecule has 0 amide bonds. The van der Waals surface area contributed by atoms with Crippen molar-refractivity contribution < 1.29 is 33.0 Å². The van der Waals surface area contributed by atoms with Crippen molar-refractivity contribution in [2.75, 3.05) is 19.8 Å². The van der Waals surface area contributed by atoms with E-state index in [1.54, 1.807) is 18.3 Å². The van der Waals surface area contributed by atoms with Crippen LogP contribution in [0.15, 0.2) is 65.8 Å². The van der Waals surface area contributed by atoms with Gasteiger partial charge in [-0.05, 0) is 54.2 Å². The molecular weight excluding hydrogens is 444 g/mol. The molecule has 1 heterocycles. The third kappa shape index (κ3) is 5.51. The van der Waals surface area contributed by atoms with Gasteiger partial charge in [0.2, 0.25) is 0 Å². The van der Waals surface area contributed by atoms with E-state index in [0.29, 0.717) is 13.0 Å². The molecule has 180 valence electrons. The number of fused-ring (bicyclic) bond motifs is 2. The van der Waals surface area contributed by atoms with Crippen molar-refractivity contribution in [3.8, 4) is 0 Å². The Labute approximate surface area is 196 Å². The molecule has 4 rings (SSSR count). The second kappa shape index (κ2) is 10.9. The van der Waals surface area contributed by atoms with Crippen molar-refractivity contribution in [2.24, 2.45) is 17.0 Å². The maximum Gasteiger partial charge on any atom is 0.329 e. The third-order valence-corrected chi connectivity index (χ3v) is 6.59. The van der Waals surface area contributed by atoms with Crippen LogP contribution in [0.4, 0.5) is 8.78 Å². The first kappa shape index (κ1) is 24.0. The molecule has 1 aliphatic heterocycles. The van der Waals surface area contributed by atoms with Gasteiger partial charge in [0, 0.05) is 17.5 Å². The van der Waals surface area contributed by atoms with Gasteiger partial charge in [-0.3, -0.25) is 0 Å². The molecule has 1 N–H and O–H groups in total. The Morgan fingerprint density at radius 1 is 1.12 bits per heavy atom. The van der Waals surface area contributed by atoms with Gasteiger partial charge in [0.15, 0.2) is 0 Å². The number of allylic oxidation sites excluding steroid dienone is 1. The Balaban J connectivity index is 1.46. The van der Waals surface area contributed by atoms with E-state index < -0.39 is 5.97 Å². The summed E-state index contributed by atoms with van der Waals surface area (Å²) in [6, 6.07) is 12.6. The molecule has 1 saturated carbocycles. The second-order valence-corrected chi connectivity index (χ2v) is 8.67. The monoisotopic (exact) mass is 471 g/mol. The summed E-state index contributed by atoms with van der Waals surface area (Å²) >= 11 is 0. The Morgan fingerprint density at radius 2 is 1.82 bits per heavy atom. The maximum absolute atomic E-state index is 13.6. The Kier molecular flexibility index (Phi) is 7.70. The average molecular weight is 472 g/mol. The van der Waals surface area contributed by atoms with Crippen LogP contribution in [0.2, 0.25) is 0 Å². The summed E-state index contributed by atoms with van der Waals surface area (Å²) in [6.45, 7) is 0.633. The summed E-state index contributed by atoms with van der Waals surface area (Å²) in [5.41, 5.74) is 1.56. The number of carboxylic acids is 1. The van der Waals surface area contributed by atoms with E-state index >= 15 is 0 Å². The number of oxime groups is 1. The van der Waals surface area contributed by atoms with Crippen LogP contribution >= 0.6 is 0 Å². The molecule has 4 atom stereocenters. The highest BCUT2D eigenvalue weighted by Gasteiger charge is 2.58. The lowest BCUT2D eigenvalue weighted by molar-refractivity contribution is -0.141. The lowest BCUT2D eigenvalue weighted by Gasteiger charge is -2.37. The fourth-order valence-electron chi connectivity index (χ4n) is 4.98. The topological polar surface area (TPSA) is 77.4 Å². The van der Waals surface area contributed by atoms with Gasteiger partial charge in [0.05, 0.1) is 19.3 Å². The highest BCUT2D eigenvalue weighted by Crippen LogP contribution is 2.56. The fraction of sp³-hybridized carbons (Fsp3) is 0.385. The molecule has 2 aliphatic rings. The van der Waals surface area contributed by atoms with Crippen LogP contribution < -0.4 is 0 Å². The summed E-state index contributed by atoms with van der Waals surface area (Å²) in [4.78, 5) is 16.1. The molecule has 1 aliphatic carbocycles. The summed E-state index contributed by atoms with van der Waals surface area (Å²) in [5.74, 6) is -1.48. The molecule has 1 saturated heterocycles. The van der Waals surface area contributed by atoms with E-state index in [4.69, 9.17) is 19.4 Å². The van der Waals surface area contributed by atoms with Crippen LogP contribution in [-0.4, -0.2) is 43.2 Å². The number of carbonyl (C=O) groups is 1. The lowest BCUT2D eigenvalue weighted by atomic mass is 9.69. The van der Waals surface area contributed by atoms with Crippen LogP contribution in [0.1, 0.15) is 24.0 Å². The van der Waals surface area contributed by atoms with E-state index in [0.717, 1.165) is 17.5 Å². The van der Waals surface area contributed by atoms with Crippen LogP contribution in [0.25, 0.3) is 0 Å². The molecule has 34 heavy (non-hydrogen) atoms. The first-order chi connectivity index (χ1) is 16.5. The summed E-state index contributed by atoms with van der Waals surface area (Å²) in [6.07, 6.45) is 7.03. The number of rotatable bonds is 11. The van der Waals surface area contributed by atoms with Gasteiger partial charge < -0.3 is 19.4 Å². The van der Waals surface area contributed by atoms with E-state index in [1.165, 1.54) is 24.3 Å². The van der Waals surface area contributed by atoms with Gasteiger partial charge in [-0.2, -0.15) is 0 Å². The van der Waals surface area contributed by atoms with Gasteiger partial charge in [-0.25, -0.2) is 13.6 Å². The van der Waals surface area contributed by atoms with Crippen molar-refractivity contribution in [3.63, 3.8) is 0 Å². The zero-order valence-corrected chi connectivity index (χ0v) is 18.6.